The SMILES string of the molecule is O=C(NCCCN1CCOCC1)N1CCN(CCCOCC(F)(F)F)CC1. The first-order valence-electron chi connectivity index (χ1n) is 9.64. The van der Waals surface area contributed by atoms with E-state index in [-0.39, 0.29) is 12.6 Å². The van der Waals surface area contributed by atoms with Crippen molar-refractivity contribution in [3.8, 4) is 0 Å². The molecule has 0 bridgehead atoms. The van der Waals surface area contributed by atoms with Gasteiger partial charge in [-0.2, -0.15) is 13.2 Å². The summed E-state index contributed by atoms with van der Waals surface area (Å²) in [6.45, 7) is 7.45. The Balaban J connectivity index is 1.47. The van der Waals surface area contributed by atoms with Crippen LogP contribution < -0.4 is 5.32 Å². The molecule has 10 heteroatoms. The Hall–Kier alpha value is -1.10. The number of ether oxygens (including phenoxy) is 2. The number of alkyl halides is 3. The molecular weight excluding hydrogens is 365 g/mol. The van der Waals surface area contributed by atoms with Gasteiger partial charge in [0.1, 0.15) is 6.61 Å². The van der Waals surface area contributed by atoms with Crippen LogP contribution in [0.3, 0.4) is 0 Å². The maximum Gasteiger partial charge on any atom is 0.411 e. The summed E-state index contributed by atoms with van der Waals surface area (Å²) in [4.78, 5) is 18.5. The lowest BCUT2D eigenvalue weighted by molar-refractivity contribution is -0.174. The highest BCUT2D eigenvalue weighted by Crippen LogP contribution is 2.14. The van der Waals surface area contributed by atoms with Crippen LogP contribution in [0.1, 0.15) is 12.8 Å². The molecule has 7 nitrogen and oxygen atoms in total. The fourth-order valence-electron chi connectivity index (χ4n) is 3.19. The molecule has 2 heterocycles. The number of carbonyl (C=O) groups is 1. The van der Waals surface area contributed by atoms with Gasteiger partial charge in [-0.1, -0.05) is 0 Å². The topological polar surface area (TPSA) is 57.3 Å². The summed E-state index contributed by atoms with van der Waals surface area (Å²) in [6, 6.07) is -0.0369. The molecule has 2 amide bonds. The highest BCUT2D eigenvalue weighted by molar-refractivity contribution is 5.74. The summed E-state index contributed by atoms with van der Waals surface area (Å²) in [5.74, 6) is 0. The number of halogens is 3. The van der Waals surface area contributed by atoms with Crippen molar-refractivity contribution in [1.29, 1.82) is 0 Å². The molecule has 0 spiro atoms. The molecule has 0 aromatic carbocycles. The van der Waals surface area contributed by atoms with Crippen LogP contribution in [0.4, 0.5) is 18.0 Å². The van der Waals surface area contributed by atoms with Crippen molar-refractivity contribution in [3.05, 3.63) is 0 Å². The Morgan fingerprint density at radius 2 is 1.59 bits per heavy atom. The first-order valence-corrected chi connectivity index (χ1v) is 9.64. The smallest absolute Gasteiger partial charge is 0.379 e. The van der Waals surface area contributed by atoms with Crippen LogP contribution in [0.2, 0.25) is 0 Å². The monoisotopic (exact) mass is 396 g/mol. The van der Waals surface area contributed by atoms with Gasteiger partial charge in [0.25, 0.3) is 0 Å². The quantitative estimate of drug-likeness (QED) is 0.590. The van der Waals surface area contributed by atoms with E-state index in [2.05, 4.69) is 19.9 Å². The minimum atomic E-state index is -4.26. The van der Waals surface area contributed by atoms with Crippen LogP contribution in [0.25, 0.3) is 0 Å². The lowest BCUT2D eigenvalue weighted by atomic mass is 10.3. The third kappa shape index (κ3) is 9.59. The molecule has 0 aromatic rings. The van der Waals surface area contributed by atoms with Gasteiger partial charge in [-0.05, 0) is 19.4 Å². The van der Waals surface area contributed by atoms with Gasteiger partial charge < -0.3 is 19.7 Å². The lowest BCUT2D eigenvalue weighted by Crippen LogP contribution is -2.52. The minimum absolute atomic E-state index is 0.0369. The molecule has 2 aliphatic heterocycles. The number of carbonyl (C=O) groups excluding carboxylic acids is 1. The van der Waals surface area contributed by atoms with Crippen molar-refractivity contribution < 1.29 is 27.4 Å². The molecule has 2 fully saturated rings. The van der Waals surface area contributed by atoms with Gasteiger partial charge in [0, 0.05) is 59.0 Å². The van der Waals surface area contributed by atoms with Crippen LogP contribution in [0.15, 0.2) is 0 Å². The fraction of sp³-hybridized carbons (Fsp3) is 0.941. The molecule has 0 saturated carbocycles. The number of rotatable bonds is 9. The van der Waals surface area contributed by atoms with Crippen molar-refractivity contribution in [1.82, 2.24) is 20.0 Å². The number of nitrogens with one attached hydrogen (secondary N) is 1. The van der Waals surface area contributed by atoms with Crippen molar-refractivity contribution in [3.63, 3.8) is 0 Å². The number of morpholine rings is 1. The highest BCUT2D eigenvalue weighted by Gasteiger charge is 2.27. The van der Waals surface area contributed by atoms with Crippen molar-refractivity contribution in [2.45, 2.75) is 19.0 Å². The molecular formula is C17H31F3N4O3. The van der Waals surface area contributed by atoms with Crippen LogP contribution in [-0.4, -0.2) is 112 Å². The van der Waals surface area contributed by atoms with Crippen LogP contribution in [0, 0.1) is 0 Å². The first-order chi connectivity index (χ1) is 12.9. The normalized spacial score (nSPS) is 20.0. The summed E-state index contributed by atoms with van der Waals surface area (Å²) >= 11 is 0. The predicted molar refractivity (Wildman–Crippen MR) is 94.8 cm³/mol. The third-order valence-corrected chi connectivity index (χ3v) is 4.72. The van der Waals surface area contributed by atoms with E-state index in [1.54, 1.807) is 4.90 Å². The van der Waals surface area contributed by atoms with Crippen molar-refractivity contribution >= 4 is 6.03 Å². The molecule has 158 valence electrons. The molecule has 1 N–H and O–H groups in total. The zero-order chi connectivity index (χ0) is 19.5. The molecule has 27 heavy (non-hydrogen) atoms. The Morgan fingerprint density at radius 1 is 0.963 bits per heavy atom. The van der Waals surface area contributed by atoms with Gasteiger partial charge in [-0.25, -0.2) is 4.79 Å². The maximum absolute atomic E-state index is 12.2. The van der Waals surface area contributed by atoms with E-state index in [0.29, 0.717) is 32.6 Å². The van der Waals surface area contributed by atoms with Gasteiger partial charge in [-0.3, -0.25) is 9.80 Å². The summed E-state index contributed by atoms with van der Waals surface area (Å²) in [5, 5.41) is 2.96. The molecule has 2 rings (SSSR count). The van der Waals surface area contributed by atoms with Gasteiger partial charge >= 0.3 is 12.2 Å². The Labute approximate surface area is 158 Å². The van der Waals surface area contributed by atoms with Crippen LogP contribution in [0.5, 0.6) is 0 Å². The van der Waals surface area contributed by atoms with Gasteiger partial charge in [0.15, 0.2) is 0 Å². The number of hydrogen-bond acceptors (Lipinski definition) is 5. The van der Waals surface area contributed by atoms with E-state index in [1.807, 2.05) is 0 Å². The number of nitrogens with zero attached hydrogens (tertiary/aromatic N) is 3. The van der Waals surface area contributed by atoms with E-state index in [0.717, 1.165) is 52.4 Å². The van der Waals surface area contributed by atoms with Gasteiger partial charge in [0.05, 0.1) is 13.2 Å². The van der Waals surface area contributed by atoms with E-state index < -0.39 is 12.8 Å². The minimum Gasteiger partial charge on any atom is -0.379 e. The predicted octanol–water partition coefficient (Wildman–Crippen LogP) is 1.00. The average Bonchev–Trinajstić information content (AvgIpc) is 2.65. The van der Waals surface area contributed by atoms with Gasteiger partial charge in [0.2, 0.25) is 0 Å². The molecule has 0 aromatic heterocycles. The van der Waals surface area contributed by atoms with E-state index in [4.69, 9.17) is 4.74 Å². The Morgan fingerprint density at radius 3 is 2.26 bits per heavy atom. The van der Waals surface area contributed by atoms with E-state index in [1.165, 1.54) is 0 Å². The molecule has 0 atom stereocenters. The second-order valence-electron chi connectivity index (χ2n) is 6.89. The second-order valence-corrected chi connectivity index (χ2v) is 6.89. The molecule has 0 radical (unpaired) electrons. The summed E-state index contributed by atoms with van der Waals surface area (Å²) in [6.07, 6.45) is -2.78. The van der Waals surface area contributed by atoms with Gasteiger partial charge in [-0.15, -0.1) is 0 Å². The molecule has 2 saturated heterocycles. The highest BCUT2D eigenvalue weighted by atomic mass is 19.4. The number of urea groups is 1. The van der Waals surface area contributed by atoms with Crippen LogP contribution in [-0.2, 0) is 9.47 Å². The summed E-state index contributed by atoms with van der Waals surface area (Å²) in [5.41, 5.74) is 0. The number of amides is 2. The average molecular weight is 396 g/mol. The molecule has 0 unspecified atom stereocenters. The fourth-order valence-corrected chi connectivity index (χ4v) is 3.19. The van der Waals surface area contributed by atoms with Crippen molar-refractivity contribution in [2.24, 2.45) is 0 Å². The number of hydrogen-bond donors (Lipinski definition) is 1. The molecule has 0 aliphatic carbocycles. The third-order valence-electron chi connectivity index (χ3n) is 4.72. The molecule has 2 aliphatic rings. The first kappa shape index (κ1) is 22.2. The maximum atomic E-state index is 12.2. The zero-order valence-electron chi connectivity index (χ0n) is 15.8. The summed E-state index contributed by atoms with van der Waals surface area (Å²) < 4.78 is 45.8. The van der Waals surface area contributed by atoms with Crippen LogP contribution >= 0.6 is 0 Å². The standard InChI is InChI=1S/C17H31F3N4O3/c18-17(19,20)15-27-12-2-5-22-6-8-24(9-7-22)16(25)21-3-1-4-23-10-13-26-14-11-23/h1-15H2,(H,21,25). The lowest BCUT2D eigenvalue weighted by Gasteiger charge is -2.34. The summed E-state index contributed by atoms with van der Waals surface area (Å²) in [7, 11) is 0. The Bertz CT molecular complexity index is 426. The van der Waals surface area contributed by atoms with Crippen molar-refractivity contribution in [2.75, 3.05) is 85.3 Å². The van der Waals surface area contributed by atoms with E-state index >= 15 is 0 Å². The number of piperazine rings is 1. The largest absolute Gasteiger partial charge is 0.411 e. The van der Waals surface area contributed by atoms with E-state index in [9.17, 15) is 18.0 Å². The Kier molecular flexibility index (Phi) is 9.60. The second kappa shape index (κ2) is 11.7. The zero-order valence-corrected chi connectivity index (χ0v) is 15.8.